The first kappa shape index (κ1) is 10.3. The molecule has 0 amide bonds. The Labute approximate surface area is 91.8 Å². The molecule has 1 aliphatic heterocycles. The standard InChI is InChI=1S/C10H11ClFNS/c11-7-1-2-8(12)6-5-14-4-3-9(13)10(6)7/h1-2,9H,3-5,13H2/t9-/m0/s1. The zero-order valence-corrected chi connectivity index (χ0v) is 9.17. The highest BCUT2D eigenvalue weighted by atomic mass is 35.5. The smallest absolute Gasteiger partial charge is 0.127 e. The third-order valence-corrected chi connectivity index (χ3v) is 3.78. The van der Waals surface area contributed by atoms with E-state index in [2.05, 4.69) is 0 Å². The molecule has 1 atom stereocenters. The molecule has 0 fully saturated rings. The Morgan fingerprint density at radius 3 is 3.07 bits per heavy atom. The molecule has 1 aliphatic rings. The second-order valence-electron chi connectivity index (χ2n) is 3.37. The van der Waals surface area contributed by atoms with Gasteiger partial charge in [0.05, 0.1) is 0 Å². The molecule has 1 aromatic rings. The van der Waals surface area contributed by atoms with Crippen LogP contribution in [0.1, 0.15) is 23.6 Å². The predicted octanol–water partition coefficient (Wildman–Crippen LogP) is 3.12. The first-order valence-electron chi connectivity index (χ1n) is 4.50. The zero-order chi connectivity index (χ0) is 10.1. The fourth-order valence-electron chi connectivity index (χ4n) is 1.69. The lowest BCUT2D eigenvalue weighted by molar-refractivity contribution is 0.606. The van der Waals surface area contributed by atoms with E-state index in [-0.39, 0.29) is 11.9 Å². The summed E-state index contributed by atoms with van der Waals surface area (Å²) in [6, 6.07) is 2.88. The molecule has 4 heteroatoms. The maximum absolute atomic E-state index is 13.5. The Balaban J connectivity index is 2.57. The first-order valence-corrected chi connectivity index (χ1v) is 6.03. The molecule has 0 unspecified atom stereocenters. The molecule has 0 radical (unpaired) electrons. The van der Waals surface area contributed by atoms with Gasteiger partial charge in [0.15, 0.2) is 0 Å². The van der Waals surface area contributed by atoms with E-state index < -0.39 is 0 Å². The molecule has 0 spiro atoms. The molecule has 1 heterocycles. The monoisotopic (exact) mass is 231 g/mol. The molecular weight excluding hydrogens is 221 g/mol. The van der Waals surface area contributed by atoms with Gasteiger partial charge in [-0.1, -0.05) is 11.6 Å². The van der Waals surface area contributed by atoms with Gasteiger partial charge in [0.2, 0.25) is 0 Å². The normalized spacial score (nSPS) is 21.5. The molecule has 0 saturated heterocycles. The van der Waals surface area contributed by atoms with E-state index in [9.17, 15) is 4.39 Å². The third-order valence-electron chi connectivity index (χ3n) is 2.44. The highest BCUT2D eigenvalue weighted by Crippen LogP contribution is 2.35. The summed E-state index contributed by atoms with van der Waals surface area (Å²) in [5.74, 6) is 1.45. The Morgan fingerprint density at radius 1 is 1.50 bits per heavy atom. The van der Waals surface area contributed by atoms with Gasteiger partial charge in [-0.3, -0.25) is 0 Å². The summed E-state index contributed by atoms with van der Waals surface area (Å²) in [5.41, 5.74) is 7.44. The molecule has 2 N–H and O–H groups in total. The highest BCUT2D eigenvalue weighted by molar-refractivity contribution is 7.98. The average Bonchev–Trinajstić information content (AvgIpc) is 2.35. The van der Waals surface area contributed by atoms with Gasteiger partial charge in [-0.15, -0.1) is 0 Å². The fraction of sp³-hybridized carbons (Fsp3) is 0.400. The van der Waals surface area contributed by atoms with E-state index in [1.165, 1.54) is 6.07 Å². The van der Waals surface area contributed by atoms with Crippen molar-refractivity contribution in [1.82, 2.24) is 0 Å². The third kappa shape index (κ3) is 1.76. The molecular formula is C10H11ClFNS. The van der Waals surface area contributed by atoms with Gasteiger partial charge in [-0.25, -0.2) is 4.39 Å². The summed E-state index contributed by atoms with van der Waals surface area (Å²) >= 11 is 7.73. The molecule has 0 saturated carbocycles. The second kappa shape index (κ2) is 4.09. The Morgan fingerprint density at radius 2 is 2.29 bits per heavy atom. The van der Waals surface area contributed by atoms with Gasteiger partial charge >= 0.3 is 0 Å². The predicted molar refractivity (Wildman–Crippen MR) is 59.1 cm³/mol. The van der Waals surface area contributed by atoms with Gasteiger partial charge in [-0.2, -0.15) is 11.8 Å². The first-order chi connectivity index (χ1) is 6.70. The van der Waals surface area contributed by atoms with Crippen LogP contribution in [0.2, 0.25) is 5.02 Å². The fourth-order valence-corrected chi connectivity index (χ4v) is 3.07. The highest BCUT2D eigenvalue weighted by Gasteiger charge is 2.21. The van der Waals surface area contributed by atoms with Crippen LogP contribution in [0.25, 0.3) is 0 Å². The number of hydrogen-bond donors (Lipinski definition) is 1. The largest absolute Gasteiger partial charge is 0.324 e. The molecule has 1 nitrogen and oxygen atoms in total. The molecule has 76 valence electrons. The van der Waals surface area contributed by atoms with Crippen molar-refractivity contribution in [2.75, 3.05) is 5.75 Å². The van der Waals surface area contributed by atoms with Crippen molar-refractivity contribution in [3.63, 3.8) is 0 Å². The Kier molecular flexibility index (Phi) is 3.00. The number of fused-ring (bicyclic) bond motifs is 1. The minimum atomic E-state index is -0.186. The van der Waals surface area contributed by atoms with Crippen LogP contribution in [-0.4, -0.2) is 5.75 Å². The van der Waals surface area contributed by atoms with Crippen LogP contribution in [0.3, 0.4) is 0 Å². The van der Waals surface area contributed by atoms with E-state index in [1.807, 2.05) is 0 Å². The lowest BCUT2D eigenvalue weighted by Gasteiger charge is -2.14. The summed E-state index contributed by atoms with van der Waals surface area (Å²) in [7, 11) is 0. The van der Waals surface area contributed by atoms with Crippen LogP contribution in [0.4, 0.5) is 4.39 Å². The molecule has 0 bridgehead atoms. The van der Waals surface area contributed by atoms with Crippen molar-refractivity contribution in [2.24, 2.45) is 5.73 Å². The van der Waals surface area contributed by atoms with Crippen LogP contribution in [-0.2, 0) is 5.75 Å². The van der Waals surface area contributed by atoms with Crippen LogP contribution in [0.5, 0.6) is 0 Å². The van der Waals surface area contributed by atoms with Gasteiger partial charge in [0.25, 0.3) is 0 Å². The minimum absolute atomic E-state index is 0.122. The topological polar surface area (TPSA) is 26.0 Å². The Hall–Kier alpha value is -0.250. The molecule has 0 aromatic heterocycles. The molecule has 0 aliphatic carbocycles. The lowest BCUT2D eigenvalue weighted by atomic mass is 10.00. The van der Waals surface area contributed by atoms with Crippen LogP contribution < -0.4 is 5.73 Å². The SMILES string of the molecule is N[C@H]1CCSCc2c(F)ccc(Cl)c21. The summed E-state index contributed by atoms with van der Waals surface area (Å²) < 4.78 is 13.5. The number of halogens is 2. The molecule has 1 aromatic carbocycles. The summed E-state index contributed by atoms with van der Waals surface area (Å²) in [6.45, 7) is 0. The lowest BCUT2D eigenvalue weighted by Crippen LogP contribution is -2.12. The number of rotatable bonds is 0. The van der Waals surface area contributed by atoms with Gasteiger partial charge in [-0.05, 0) is 29.9 Å². The van der Waals surface area contributed by atoms with Crippen LogP contribution in [0.15, 0.2) is 12.1 Å². The van der Waals surface area contributed by atoms with E-state index in [4.69, 9.17) is 17.3 Å². The maximum atomic E-state index is 13.5. The van der Waals surface area contributed by atoms with E-state index >= 15 is 0 Å². The van der Waals surface area contributed by atoms with Crippen molar-refractivity contribution in [1.29, 1.82) is 0 Å². The summed E-state index contributed by atoms with van der Waals surface area (Å²) in [6.07, 6.45) is 0.862. The maximum Gasteiger partial charge on any atom is 0.127 e. The van der Waals surface area contributed by atoms with Crippen molar-refractivity contribution >= 4 is 23.4 Å². The van der Waals surface area contributed by atoms with E-state index in [0.717, 1.165) is 17.7 Å². The zero-order valence-electron chi connectivity index (χ0n) is 7.59. The molecule has 14 heavy (non-hydrogen) atoms. The van der Waals surface area contributed by atoms with Crippen molar-refractivity contribution < 1.29 is 4.39 Å². The molecule has 2 rings (SSSR count). The van der Waals surface area contributed by atoms with Crippen molar-refractivity contribution in [3.05, 3.63) is 34.1 Å². The van der Waals surface area contributed by atoms with E-state index in [0.29, 0.717) is 16.3 Å². The summed E-state index contributed by atoms with van der Waals surface area (Å²) in [5, 5.41) is 0.594. The van der Waals surface area contributed by atoms with Crippen LogP contribution in [0, 0.1) is 5.82 Å². The van der Waals surface area contributed by atoms with Gasteiger partial charge in [0, 0.05) is 22.4 Å². The van der Waals surface area contributed by atoms with Crippen molar-refractivity contribution in [3.8, 4) is 0 Å². The van der Waals surface area contributed by atoms with E-state index in [1.54, 1.807) is 17.8 Å². The number of nitrogens with two attached hydrogens (primary N) is 1. The van der Waals surface area contributed by atoms with Crippen molar-refractivity contribution in [2.45, 2.75) is 18.2 Å². The minimum Gasteiger partial charge on any atom is -0.324 e. The number of hydrogen-bond acceptors (Lipinski definition) is 2. The van der Waals surface area contributed by atoms with Gasteiger partial charge in [0.1, 0.15) is 5.82 Å². The average molecular weight is 232 g/mol. The number of thioether (sulfide) groups is 1. The quantitative estimate of drug-likeness (QED) is 0.743. The number of benzene rings is 1. The van der Waals surface area contributed by atoms with Gasteiger partial charge < -0.3 is 5.73 Å². The Bertz CT molecular complexity index is 356. The summed E-state index contributed by atoms with van der Waals surface area (Å²) in [4.78, 5) is 0. The second-order valence-corrected chi connectivity index (χ2v) is 4.88. The van der Waals surface area contributed by atoms with Crippen LogP contribution >= 0.6 is 23.4 Å².